The van der Waals surface area contributed by atoms with Crippen molar-refractivity contribution in [1.82, 2.24) is 0 Å². The number of carboxylic acids is 1. The van der Waals surface area contributed by atoms with E-state index in [4.69, 9.17) is 5.11 Å². The number of fused-ring (bicyclic) bond motifs is 1. The van der Waals surface area contributed by atoms with Crippen LogP contribution >= 0.6 is 0 Å². The van der Waals surface area contributed by atoms with Crippen molar-refractivity contribution in [2.24, 2.45) is 0 Å². The van der Waals surface area contributed by atoms with Crippen molar-refractivity contribution in [3.05, 3.63) is 29.3 Å². The maximum atomic E-state index is 12.4. The lowest BCUT2D eigenvalue weighted by Gasteiger charge is -2.33. The van der Waals surface area contributed by atoms with Gasteiger partial charge in [-0.2, -0.15) is 0 Å². The Bertz CT molecular complexity index is 609. The highest BCUT2D eigenvalue weighted by Gasteiger charge is 2.36. The first-order valence-corrected chi connectivity index (χ1v) is 7.69. The second-order valence-electron chi connectivity index (χ2n) is 4.78. The molecule has 1 N–H and O–H groups in total. The van der Waals surface area contributed by atoms with Crippen LogP contribution in [0, 0.1) is 6.92 Å². The minimum Gasteiger partial charge on any atom is -0.480 e. The number of carboxylic acid groups (broad SMARTS) is 1. The van der Waals surface area contributed by atoms with Gasteiger partial charge in [-0.1, -0.05) is 18.2 Å². The van der Waals surface area contributed by atoms with E-state index < -0.39 is 21.2 Å². The Hall–Kier alpha value is -1.56. The summed E-state index contributed by atoms with van der Waals surface area (Å²) in [6, 6.07) is 5.64. The van der Waals surface area contributed by atoms with Gasteiger partial charge >= 0.3 is 5.97 Å². The molecular formula is C13H17NO4S. The Kier molecular flexibility index (Phi) is 3.54. The number of carbonyl (C=O) groups is 1. The minimum atomic E-state index is -3.86. The van der Waals surface area contributed by atoms with Crippen LogP contribution < -0.4 is 4.31 Å². The fourth-order valence-corrected chi connectivity index (χ4v) is 3.91. The number of aliphatic carboxylic acids is 1. The maximum Gasteiger partial charge on any atom is 0.323 e. The van der Waals surface area contributed by atoms with Crippen LogP contribution in [-0.4, -0.2) is 31.3 Å². The van der Waals surface area contributed by atoms with Crippen molar-refractivity contribution in [3.63, 3.8) is 0 Å². The molecule has 1 aromatic carbocycles. The van der Waals surface area contributed by atoms with Crippen LogP contribution in [0.25, 0.3) is 0 Å². The Morgan fingerprint density at radius 3 is 2.74 bits per heavy atom. The molecule has 1 heterocycles. The number of anilines is 1. The van der Waals surface area contributed by atoms with Crippen molar-refractivity contribution >= 4 is 21.7 Å². The van der Waals surface area contributed by atoms with Gasteiger partial charge in [0, 0.05) is 6.54 Å². The molecule has 0 fully saturated rings. The molecule has 0 saturated carbocycles. The number of hydrogen-bond acceptors (Lipinski definition) is 3. The van der Waals surface area contributed by atoms with Crippen molar-refractivity contribution in [2.75, 3.05) is 10.8 Å². The summed E-state index contributed by atoms with van der Waals surface area (Å²) in [5, 5.41) is 7.53. The molecule has 5 nitrogen and oxygen atoms in total. The first-order chi connectivity index (χ1) is 8.85. The zero-order valence-electron chi connectivity index (χ0n) is 11.0. The second kappa shape index (κ2) is 4.85. The predicted molar refractivity (Wildman–Crippen MR) is 72.9 cm³/mol. The monoisotopic (exact) mass is 283 g/mol. The molecule has 0 amide bonds. The Morgan fingerprint density at radius 2 is 2.11 bits per heavy atom. The van der Waals surface area contributed by atoms with Crippen LogP contribution in [0.2, 0.25) is 0 Å². The van der Waals surface area contributed by atoms with Crippen LogP contribution in [0.5, 0.6) is 0 Å². The van der Waals surface area contributed by atoms with Gasteiger partial charge in [0.1, 0.15) is 0 Å². The third-order valence-electron chi connectivity index (χ3n) is 3.48. The first kappa shape index (κ1) is 13.9. The number of hydrogen-bond donors (Lipinski definition) is 1. The van der Waals surface area contributed by atoms with Gasteiger partial charge in [0.2, 0.25) is 10.0 Å². The standard InChI is InChI=1S/C13H17NO4S/c1-9-5-3-6-11-7-4-8-14(12(9)11)19(17,18)10(2)13(15)16/h3,5-6,10H,4,7-8H2,1-2H3,(H,15,16). The first-order valence-electron chi connectivity index (χ1n) is 6.18. The van der Waals surface area contributed by atoms with E-state index in [0.29, 0.717) is 18.7 Å². The summed E-state index contributed by atoms with van der Waals surface area (Å²) in [7, 11) is -3.86. The van der Waals surface area contributed by atoms with E-state index >= 15 is 0 Å². The number of para-hydroxylation sites is 1. The van der Waals surface area contributed by atoms with Crippen LogP contribution in [0.3, 0.4) is 0 Å². The molecule has 2 rings (SSSR count). The largest absolute Gasteiger partial charge is 0.480 e. The fraction of sp³-hybridized carbons (Fsp3) is 0.462. The summed E-state index contributed by atoms with van der Waals surface area (Å²) in [5.41, 5.74) is 2.48. The average Bonchev–Trinajstić information content (AvgIpc) is 2.37. The van der Waals surface area contributed by atoms with Gasteiger partial charge < -0.3 is 5.11 Å². The van der Waals surface area contributed by atoms with Crippen LogP contribution in [0.15, 0.2) is 18.2 Å². The lowest BCUT2D eigenvalue weighted by atomic mass is 10.0. The lowest BCUT2D eigenvalue weighted by Crippen LogP contribution is -2.44. The fourth-order valence-electron chi connectivity index (χ4n) is 2.38. The molecule has 0 spiro atoms. The normalized spacial score (nSPS) is 16.8. The van der Waals surface area contributed by atoms with E-state index in [9.17, 15) is 13.2 Å². The summed E-state index contributed by atoms with van der Waals surface area (Å²) in [4.78, 5) is 11.0. The van der Waals surface area contributed by atoms with E-state index in [1.54, 1.807) is 0 Å². The van der Waals surface area contributed by atoms with Gasteiger partial charge in [-0.25, -0.2) is 8.42 Å². The number of rotatable bonds is 3. The lowest BCUT2D eigenvalue weighted by molar-refractivity contribution is -0.136. The van der Waals surface area contributed by atoms with Crippen LogP contribution in [-0.2, 0) is 21.2 Å². The van der Waals surface area contributed by atoms with Gasteiger partial charge in [-0.3, -0.25) is 9.10 Å². The van der Waals surface area contributed by atoms with E-state index in [0.717, 1.165) is 17.5 Å². The summed E-state index contributed by atoms with van der Waals surface area (Å²) < 4.78 is 26.0. The van der Waals surface area contributed by atoms with E-state index in [1.165, 1.54) is 11.2 Å². The second-order valence-corrected chi connectivity index (χ2v) is 6.96. The van der Waals surface area contributed by atoms with Gasteiger partial charge in [0.15, 0.2) is 5.25 Å². The third-order valence-corrected chi connectivity index (χ3v) is 5.55. The number of nitrogens with zero attached hydrogens (tertiary/aromatic N) is 1. The van der Waals surface area contributed by atoms with Crippen molar-refractivity contribution in [1.29, 1.82) is 0 Å². The molecular weight excluding hydrogens is 266 g/mol. The molecule has 1 atom stereocenters. The molecule has 0 radical (unpaired) electrons. The molecule has 0 bridgehead atoms. The van der Waals surface area contributed by atoms with Gasteiger partial charge in [0.25, 0.3) is 0 Å². The molecule has 1 unspecified atom stereocenters. The summed E-state index contributed by atoms with van der Waals surface area (Å²) in [5.74, 6) is -1.32. The molecule has 1 aromatic rings. The van der Waals surface area contributed by atoms with Gasteiger partial charge in [-0.05, 0) is 37.8 Å². The highest BCUT2D eigenvalue weighted by Crippen LogP contribution is 2.33. The molecule has 104 valence electrons. The van der Waals surface area contributed by atoms with Gasteiger partial charge in [-0.15, -0.1) is 0 Å². The van der Waals surface area contributed by atoms with Crippen LogP contribution in [0.4, 0.5) is 5.69 Å². The number of benzene rings is 1. The quantitative estimate of drug-likeness (QED) is 0.913. The van der Waals surface area contributed by atoms with Crippen molar-refractivity contribution < 1.29 is 18.3 Å². The molecule has 0 aliphatic carbocycles. The topological polar surface area (TPSA) is 74.7 Å². The predicted octanol–water partition coefficient (Wildman–Crippen LogP) is 1.55. The van der Waals surface area contributed by atoms with E-state index in [2.05, 4.69) is 0 Å². The summed E-state index contributed by atoms with van der Waals surface area (Å²) in [6.07, 6.45) is 1.53. The Balaban J connectivity index is 2.53. The molecule has 19 heavy (non-hydrogen) atoms. The summed E-state index contributed by atoms with van der Waals surface area (Å²) >= 11 is 0. The highest BCUT2D eigenvalue weighted by atomic mass is 32.2. The molecule has 6 heteroatoms. The number of sulfonamides is 1. The van der Waals surface area contributed by atoms with Crippen molar-refractivity contribution in [2.45, 2.75) is 31.9 Å². The zero-order chi connectivity index (χ0) is 14.2. The summed E-state index contributed by atoms with van der Waals surface area (Å²) in [6.45, 7) is 3.40. The highest BCUT2D eigenvalue weighted by molar-refractivity contribution is 7.94. The maximum absolute atomic E-state index is 12.4. The zero-order valence-corrected chi connectivity index (χ0v) is 11.8. The Morgan fingerprint density at radius 1 is 1.42 bits per heavy atom. The molecule has 1 aliphatic heterocycles. The van der Waals surface area contributed by atoms with E-state index in [1.807, 2.05) is 25.1 Å². The smallest absolute Gasteiger partial charge is 0.323 e. The third kappa shape index (κ3) is 2.32. The van der Waals surface area contributed by atoms with Gasteiger partial charge in [0.05, 0.1) is 5.69 Å². The molecule has 1 aliphatic rings. The van der Waals surface area contributed by atoms with Crippen molar-refractivity contribution in [3.8, 4) is 0 Å². The Labute approximate surface area is 112 Å². The molecule has 0 aromatic heterocycles. The SMILES string of the molecule is Cc1cccc2c1N(S(=O)(=O)C(C)C(=O)O)CCC2. The van der Waals surface area contributed by atoms with E-state index in [-0.39, 0.29) is 0 Å². The average molecular weight is 283 g/mol. The minimum absolute atomic E-state index is 0.345. The number of aryl methyl sites for hydroxylation is 2. The molecule has 0 saturated heterocycles. The van der Waals surface area contributed by atoms with Crippen LogP contribution in [0.1, 0.15) is 24.5 Å².